The summed E-state index contributed by atoms with van der Waals surface area (Å²) in [5.41, 5.74) is 6.48. The molecule has 0 radical (unpaired) electrons. The third-order valence-corrected chi connectivity index (χ3v) is 2.98. The normalized spacial score (nSPS) is 11.8. The van der Waals surface area contributed by atoms with Crippen molar-refractivity contribution >= 4 is 29.1 Å². The molecule has 0 aliphatic carbocycles. The van der Waals surface area contributed by atoms with E-state index in [0.29, 0.717) is 22.7 Å². The summed E-state index contributed by atoms with van der Waals surface area (Å²) in [5, 5.41) is 3.00. The van der Waals surface area contributed by atoms with Crippen LogP contribution >= 0.6 is 11.6 Å². The SMILES string of the molecule is CC[C@@H](N)C(=O)Nc1cc(C(=O)N(C)C)ccc1Cl. The van der Waals surface area contributed by atoms with Gasteiger partial charge in [-0.05, 0) is 24.6 Å². The van der Waals surface area contributed by atoms with E-state index < -0.39 is 6.04 Å². The van der Waals surface area contributed by atoms with Crippen molar-refractivity contribution in [2.75, 3.05) is 19.4 Å². The monoisotopic (exact) mass is 283 g/mol. The van der Waals surface area contributed by atoms with E-state index in [1.807, 2.05) is 6.92 Å². The highest BCUT2D eigenvalue weighted by molar-refractivity contribution is 6.34. The van der Waals surface area contributed by atoms with Gasteiger partial charge in [0.2, 0.25) is 5.91 Å². The molecule has 5 nitrogen and oxygen atoms in total. The van der Waals surface area contributed by atoms with Gasteiger partial charge in [0.1, 0.15) is 0 Å². The van der Waals surface area contributed by atoms with Crippen molar-refractivity contribution in [2.45, 2.75) is 19.4 Å². The predicted octanol–water partition coefficient (Wildman–Crippen LogP) is 1.72. The molecular weight excluding hydrogens is 266 g/mol. The molecule has 6 heteroatoms. The number of carbonyl (C=O) groups is 2. The van der Waals surface area contributed by atoms with E-state index in [1.165, 1.54) is 4.90 Å². The number of rotatable bonds is 4. The number of benzene rings is 1. The van der Waals surface area contributed by atoms with Gasteiger partial charge in [-0.25, -0.2) is 0 Å². The molecule has 3 N–H and O–H groups in total. The van der Waals surface area contributed by atoms with E-state index >= 15 is 0 Å². The van der Waals surface area contributed by atoms with Crippen LogP contribution in [-0.2, 0) is 4.79 Å². The molecule has 1 aromatic carbocycles. The predicted molar refractivity (Wildman–Crippen MR) is 76.4 cm³/mol. The Hall–Kier alpha value is -1.59. The van der Waals surface area contributed by atoms with Crippen LogP contribution in [0.15, 0.2) is 18.2 Å². The summed E-state index contributed by atoms with van der Waals surface area (Å²) < 4.78 is 0. The molecule has 0 fully saturated rings. The van der Waals surface area contributed by atoms with Gasteiger partial charge in [0, 0.05) is 19.7 Å². The van der Waals surface area contributed by atoms with E-state index in [4.69, 9.17) is 17.3 Å². The molecule has 1 aromatic rings. The van der Waals surface area contributed by atoms with Crippen molar-refractivity contribution in [3.8, 4) is 0 Å². The molecule has 0 aliphatic rings. The summed E-state index contributed by atoms with van der Waals surface area (Å²) in [5.74, 6) is -0.481. The number of nitrogens with one attached hydrogen (secondary N) is 1. The van der Waals surface area contributed by atoms with Crippen molar-refractivity contribution in [1.82, 2.24) is 4.90 Å². The van der Waals surface area contributed by atoms with Crippen LogP contribution in [0.4, 0.5) is 5.69 Å². The van der Waals surface area contributed by atoms with Crippen LogP contribution in [0, 0.1) is 0 Å². The first kappa shape index (κ1) is 15.5. The molecule has 0 saturated carbocycles. The summed E-state index contributed by atoms with van der Waals surface area (Å²) in [6.45, 7) is 1.82. The maximum Gasteiger partial charge on any atom is 0.253 e. The van der Waals surface area contributed by atoms with E-state index in [2.05, 4.69) is 5.32 Å². The fraction of sp³-hybridized carbons (Fsp3) is 0.385. The fourth-order valence-corrected chi connectivity index (χ4v) is 1.59. The molecule has 0 aliphatic heterocycles. The Balaban J connectivity index is 2.98. The maximum absolute atomic E-state index is 11.8. The van der Waals surface area contributed by atoms with E-state index in [9.17, 15) is 9.59 Å². The zero-order valence-electron chi connectivity index (χ0n) is 11.2. The number of nitrogens with zero attached hydrogens (tertiary/aromatic N) is 1. The third kappa shape index (κ3) is 3.94. The number of carbonyl (C=O) groups excluding carboxylic acids is 2. The Morgan fingerprint density at radius 1 is 1.42 bits per heavy atom. The minimum absolute atomic E-state index is 0.160. The van der Waals surface area contributed by atoms with E-state index in [-0.39, 0.29) is 11.8 Å². The molecule has 0 bridgehead atoms. The van der Waals surface area contributed by atoms with E-state index in [0.717, 1.165) is 0 Å². The second kappa shape index (κ2) is 6.54. The summed E-state index contributed by atoms with van der Waals surface area (Å²) in [7, 11) is 3.31. The maximum atomic E-state index is 11.8. The zero-order chi connectivity index (χ0) is 14.6. The highest BCUT2D eigenvalue weighted by atomic mass is 35.5. The van der Waals surface area contributed by atoms with Gasteiger partial charge in [0.15, 0.2) is 0 Å². The van der Waals surface area contributed by atoms with Crippen LogP contribution in [-0.4, -0.2) is 36.9 Å². The van der Waals surface area contributed by atoms with Crippen LogP contribution in [0.5, 0.6) is 0 Å². The first-order valence-electron chi connectivity index (χ1n) is 5.94. The smallest absolute Gasteiger partial charge is 0.253 e. The molecular formula is C13H18ClN3O2. The number of nitrogens with two attached hydrogens (primary N) is 1. The van der Waals surface area contributed by atoms with E-state index in [1.54, 1.807) is 32.3 Å². The molecule has 19 heavy (non-hydrogen) atoms. The molecule has 1 atom stereocenters. The second-order valence-corrected chi connectivity index (χ2v) is 4.81. The Morgan fingerprint density at radius 3 is 2.58 bits per heavy atom. The Morgan fingerprint density at radius 2 is 2.05 bits per heavy atom. The Kier molecular flexibility index (Phi) is 5.32. The van der Waals surface area contributed by atoms with Gasteiger partial charge in [-0.15, -0.1) is 0 Å². The van der Waals surface area contributed by atoms with Gasteiger partial charge in [0.25, 0.3) is 5.91 Å². The Labute approximate surface area is 117 Å². The second-order valence-electron chi connectivity index (χ2n) is 4.40. The van der Waals surface area contributed by atoms with Gasteiger partial charge >= 0.3 is 0 Å². The van der Waals surface area contributed by atoms with Gasteiger partial charge in [-0.2, -0.15) is 0 Å². The van der Waals surface area contributed by atoms with Crippen LogP contribution in [0.3, 0.4) is 0 Å². The van der Waals surface area contributed by atoms with Gasteiger partial charge in [-0.3, -0.25) is 9.59 Å². The number of hydrogen-bond donors (Lipinski definition) is 2. The van der Waals surface area contributed by atoms with Crippen molar-refractivity contribution < 1.29 is 9.59 Å². The average molecular weight is 284 g/mol. The lowest BCUT2D eigenvalue weighted by Gasteiger charge is -2.14. The quantitative estimate of drug-likeness (QED) is 0.883. The summed E-state index contributed by atoms with van der Waals surface area (Å²) in [4.78, 5) is 25.0. The molecule has 2 amide bonds. The molecule has 0 aromatic heterocycles. The lowest BCUT2D eigenvalue weighted by molar-refractivity contribution is -0.117. The number of amides is 2. The third-order valence-electron chi connectivity index (χ3n) is 2.65. The lowest BCUT2D eigenvalue weighted by atomic mass is 10.1. The number of hydrogen-bond acceptors (Lipinski definition) is 3. The minimum atomic E-state index is -0.593. The lowest BCUT2D eigenvalue weighted by Crippen LogP contribution is -2.35. The van der Waals surface area contributed by atoms with Gasteiger partial charge < -0.3 is 16.0 Å². The largest absolute Gasteiger partial charge is 0.345 e. The summed E-state index contributed by atoms with van der Waals surface area (Å²) in [6, 6.07) is 4.14. The minimum Gasteiger partial charge on any atom is -0.345 e. The van der Waals surface area contributed by atoms with Gasteiger partial charge in [-0.1, -0.05) is 18.5 Å². The molecule has 0 saturated heterocycles. The van der Waals surface area contributed by atoms with Crippen LogP contribution < -0.4 is 11.1 Å². The molecule has 104 valence electrons. The van der Waals surface area contributed by atoms with Crippen LogP contribution in [0.2, 0.25) is 5.02 Å². The highest BCUT2D eigenvalue weighted by Crippen LogP contribution is 2.23. The summed E-state index contributed by atoms with van der Waals surface area (Å²) >= 11 is 5.99. The number of anilines is 1. The molecule has 0 unspecified atom stereocenters. The van der Waals surface area contributed by atoms with Crippen molar-refractivity contribution in [1.29, 1.82) is 0 Å². The molecule has 1 rings (SSSR count). The topological polar surface area (TPSA) is 75.4 Å². The number of halogens is 1. The zero-order valence-corrected chi connectivity index (χ0v) is 12.0. The standard InChI is InChI=1S/C13H18ClN3O2/c1-4-10(15)12(18)16-11-7-8(5-6-9(11)14)13(19)17(2)3/h5-7,10H,4,15H2,1-3H3,(H,16,18)/t10-/m1/s1. The average Bonchev–Trinajstić information content (AvgIpc) is 2.39. The van der Waals surface area contributed by atoms with Crippen LogP contribution in [0.25, 0.3) is 0 Å². The van der Waals surface area contributed by atoms with Crippen molar-refractivity contribution in [3.05, 3.63) is 28.8 Å². The summed E-state index contributed by atoms with van der Waals surface area (Å²) in [6.07, 6.45) is 0.528. The molecule has 0 spiro atoms. The fourth-order valence-electron chi connectivity index (χ4n) is 1.42. The van der Waals surface area contributed by atoms with Crippen molar-refractivity contribution in [3.63, 3.8) is 0 Å². The first-order chi connectivity index (χ1) is 8.86. The molecule has 0 heterocycles. The first-order valence-corrected chi connectivity index (χ1v) is 6.32. The Bertz CT molecular complexity index is 489. The van der Waals surface area contributed by atoms with Crippen LogP contribution in [0.1, 0.15) is 23.7 Å². The van der Waals surface area contributed by atoms with Crippen molar-refractivity contribution in [2.24, 2.45) is 5.73 Å². The highest BCUT2D eigenvalue weighted by Gasteiger charge is 2.15. The van der Waals surface area contributed by atoms with Gasteiger partial charge in [0.05, 0.1) is 16.8 Å².